The average molecular weight is 597 g/mol. The molecule has 250 valence electrons. The van der Waals surface area contributed by atoms with E-state index >= 15 is 0 Å². The number of rotatable bonds is 0. The number of ether oxygens (including phenoxy) is 2. The molecular weight excluding hydrogens is 524 g/mol. The Morgan fingerprint density at radius 3 is 1.60 bits per heavy atom. The maximum atomic E-state index is 10.9. The van der Waals surface area contributed by atoms with Gasteiger partial charge in [0.1, 0.15) is 0 Å². The van der Waals surface area contributed by atoms with Crippen molar-refractivity contribution in [2.24, 2.45) is 35.5 Å². The molecule has 6 aliphatic rings. The molecule has 6 fully saturated rings. The Balaban J connectivity index is 0.000000266. The van der Waals surface area contributed by atoms with Crippen LogP contribution >= 0.6 is 0 Å². The van der Waals surface area contributed by atoms with Gasteiger partial charge in [-0.1, -0.05) is 68.7 Å². The van der Waals surface area contributed by atoms with Crippen LogP contribution in [0.25, 0.3) is 0 Å². The first-order valence-electron chi connectivity index (χ1n) is 17.6. The van der Waals surface area contributed by atoms with E-state index in [9.17, 15) is 4.79 Å². The van der Waals surface area contributed by atoms with Crippen LogP contribution in [0.5, 0.6) is 0 Å². The van der Waals surface area contributed by atoms with Gasteiger partial charge < -0.3 is 30.7 Å². The van der Waals surface area contributed by atoms with E-state index in [0.29, 0.717) is 18.2 Å². The van der Waals surface area contributed by atoms with Gasteiger partial charge in [-0.05, 0) is 107 Å². The number of nitrogens with one attached hydrogen (secondary N) is 4. The summed E-state index contributed by atoms with van der Waals surface area (Å²) in [5, 5.41) is 13.2. The fourth-order valence-corrected chi connectivity index (χ4v) is 5.90. The molecule has 1 aliphatic carbocycles. The van der Waals surface area contributed by atoms with Gasteiger partial charge in [-0.3, -0.25) is 4.79 Å². The molecule has 5 aliphatic heterocycles. The minimum Gasteiger partial charge on any atom is -0.373 e. The van der Waals surface area contributed by atoms with Crippen LogP contribution in [-0.4, -0.2) is 76.6 Å². The standard InChI is InChI=1S/C8H16N2.C8H13NO.C7H13NO2.3C4H10/c1-3-9-5-8-6-10-4-2-7(1)8;10-8-5-4-6-2-1-3-7(6)9-8;1-2-8-5-7-6(1)9-3-4-10-7;3*1-4(2)3/h7-10H,1-6H2;6-7H,1-5H2,(H,9,10);6-8H,1-5H2;3*4H,1-3H3. The van der Waals surface area contributed by atoms with Crippen LogP contribution in [-0.2, 0) is 14.3 Å². The molecule has 4 atom stereocenters. The molecule has 5 saturated heterocycles. The molecule has 7 heteroatoms. The van der Waals surface area contributed by atoms with Crippen LogP contribution in [0.1, 0.15) is 114 Å². The Morgan fingerprint density at radius 1 is 0.571 bits per heavy atom. The van der Waals surface area contributed by atoms with E-state index in [0.717, 1.165) is 81.1 Å². The molecule has 1 saturated carbocycles. The SMILES string of the molecule is C1CC2CCNCC2CN1.C1CC2OCCOC2CN1.CC(C)C.CC(C)C.CC(C)C.O=C1CCC2CCCC2N1. The Bertz CT molecular complexity index is 558. The van der Waals surface area contributed by atoms with Gasteiger partial charge in [0.05, 0.1) is 25.4 Å². The van der Waals surface area contributed by atoms with Gasteiger partial charge in [-0.15, -0.1) is 0 Å². The molecule has 1 amide bonds. The number of carbonyl (C=O) groups excluding carboxylic acids is 1. The Labute approximate surface area is 261 Å². The fraction of sp³-hybridized carbons (Fsp3) is 0.971. The molecule has 0 spiro atoms. The Kier molecular flexibility index (Phi) is 22.1. The van der Waals surface area contributed by atoms with Crippen molar-refractivity contribution in [1.82, 2.24) is 21.3 Å². The highest BCUT2D eigenvalue weighted by Gasteiger charge is 2.32. The predicted octanol–water partition coefficient (Wildman–Crippen LogP) is 6.02. The van der Waals surface area contributed by atoms with Gasteiger partial charge in [-0.25, -0.2) is 0 Å². The van der Waals surface area contributed by atoms with Gasteiger partial charge in [0.2, 0.25) is 5.91 Å². The predicted molar refractivity (Wildman–Crippen MR) is 179 cm³/mol. The van der Waals surface area contributed by atoms with Crippen molar-refractivity contribution in [1.29, 1.82) is 0 Å². The number of hydrogen-bond donors (Lipinski definition) is 4. The highest BCUT2D eigenvalue weighted by atomic mass is 16.6. The molecule has 7 nitrogen and oxygen atoms in total. The third kappa shape index (κ3) is 19.5. The number of carbonyl (C=O) groups is 1. The molecule has 0 radical (unpaired) electrons. The summed E-state index contributed by atoms with van der Waals surface area (Å²) in [5.74, 6) is 5.55. The Hall–Kier alpha value is -0.730. The van der Waals surface area contributed by atoms with E-state index in [1.807, 2.05) is 0 Å². The number of piperidine rings is 4. The molecule has 4 unspecified atom stereocenters. The van der Waals surface area contributed by atoms with E-state index < -0.39 is 0 Å². The quantitative estimate of drug-likeness (QED) is 0.274. The third-order valence-electron chi connectivity index (χ3n) is 7.72. The zero-order chi connectivity index (χ0) is 31.3. The molecular formula is C35H72N4O3. The van der Waals surface area contributed by atoms with Crippen molar-refractivity contribution < 1.29 is 14.3 Å². The number of fused-ring (bicyclic) bond motifs is 3. The van der Waals surface area contributed by atoms with Crippen LogP contribution in [0.2, 0.25) is 0 Å². The summed E-state index contributed by atoms with van der Waals surface area (Å²) in [5.41, 5.74) is 0. The summed E-state index contributed by atoms with van der Waals surface area (Å²) in [6, 6.07) is 0.543. The van der Waals surface area contributed by atoms with Gasteiger partial charge >= 0.3 is 0 Å². The molecule has 0 aromatic carbocycles. The molecule has 0 aromatic rings. The van der Waals surface area contributed by atoms with Gasteiger partial charge in [0.15, 0.2) is 0 Å². The Morgan fingerprint density at radius 2 is 1.07 bits per heavy atom. The first-order chi connectivity index (χ1) is 20.0. The van der Waals surface area contributed by atoms with Crippen molar-refractivity contribution in [3.05, 3.63) is 0 Å². The average Bonchev–Trinajstić information content (AvgIpc) is 3.41. The van der Waals surface area contributed by atoms with Crippen LogP contribution in [0.3, 0.4) is 0 Å². The van der Waals surface area contributed by atoms with Crippen molar-refractivity contribution in [3.8, 4) is 0 Å². The molecule has 0 aromatic heterocycles. The summed E-state index contributed by atoms with van der Waals surface area (Å²) < 4.78 is 11.0. The lowest BCUT2D eigenvalue weighted by Crippen LogP contribution is -2.50. The zero-order valence-corrected chi connectivity index (χ0v) is 29.2. The minimum atomic E-state index is 0.267. The zero-order valence-electron chi connectivity index (χ0n) is 29.2. The fourth-order valence-electron chi connectivity index (χ4n) is 5.90. The second kappa shape index (κ2) is 23.6. The molecule has 42 heavy (non-hydrogen) atoms. The van der Waals surface area contributed by atoms with Crippen molar-refractivity contribution >= 4 is 5.91 Å². The van der Waals surface area contributed by atoms with Crippen molar-refractivity contribution in [3.63, 3.8) is 0 Å². The summed E-state index contributed by atoms with van der Waals surface area (Å²) in [6.07, 6.45) is 10.4. The lowest BCUT2D eigenvalue weighted by Gasteiger charge is -2.36. The monoisotopic (exact) mass is 597 g/mol. The normalized spacial score (nSPS) is 31.3. The number of hydrogen-bond acceptors (Lipinski definition) is 6. The van der Waals surface area contributed by atoms with Crippen LogP contribution in [0.4, 0.5) is 0 Å². The lowest BCUT2D eigenvalue weighted by molar-refractivity contribution is -0.148. The first-order valence-corrected chi connectivity index (χ1v) is 17.6. The molecule has 6 rings (SSSR count). The highest BCUT2D eigenvalue weighted by Crippen LogP contribution is 2.31. The van der Waals surface area contributed by atoms with E-state index in [1.54, 1.807) is 0 Å². The van der Waals surface area contributed by atoms with Crippen LogP contribution in [0, 0.1) is 35.5 Å². The second-order valence-corrected chi connectivity index (χ2v) is 14.9. The summed E-state index contributed by atoms with van der Waals surface area (Å²) in [7, 11) is 0. The van der Waals surface area contributed by atoms with Crippen molar-refractivity contribution in [2.75, 3.05) is 52.5 Å². The van der Waals surface area contributed by atoms with Crippen LogP contribution < -0.4 is 21.3 Å². The highest BCUT2D eigenvalue weighted by molar-refractivity contribution is 5.77. The van der Waals surface area contributed by atoms with Crippen LogP contribution in [0.15, 0.2) is 0 Å². The van der Waals surface area contributed by atoms with Gasteiger partial charge in [0, 0.05) is 19.0 Å². The maximum Gasteiger partial charge on any atom is 0.220 e. The van der Waals surface area contributed by atoms with E-state index in [1.165, 1.54) is 58.3 Å². The van der Waals surface area contributed by atoms with Gasteiger partial charge in [0.25, 0.3) is 0 Å². The first kappa shape index (κ1) is 39.3. The number of amides is 1. The second-order valence-electron chi connectivity index (χ2n) is 14.9. The molecule has 5 heterocycles. The smallest absolute Gasteiger partial charge is 0.220 e. The maximum absolute atomic E-state index is 10.9. The summed E-state index contributed by atoms with van der Waals surface area (Å²) in [6.45, 7) is 28.1. The molecule has 4 N–H and O–H groups in total. The van der Waals surface area contributed by atoms with Gasteiger partial charge in [-0.2, -0.15) is 0 Å². The van der Waals surface area contributed by atoms with E-state index in [4.69, 9.17) is 9.47 Å². The third-order valence-corrected chi connectivity index (χ3v) is 7.72. The summed E-state index contributed by atoms with van der Waals surface area (Å²) in [4.78, 5) is 10.9. The minimum absolute atomic E-state index is 0.267. The lowest BCUT2D eigenvalue weighted by atomic mass is 9.82. The topological polar surface area (TPSA) is 83.7 Å². The van der Waals surface area contributed by atoms with Crippen molar-refractivity contribution in [2.45, 2.75) is 132 Å². The summed E-state index contributed by atoms with van der Waals surface area (Å²) >= 11 is 0. The van der Waals surface area contributed by atoms with E-state index in [2.05, 4.69) is 83.6 Å². The molecule has 0 bridgehead atoms. The van der Waals surface area contributed by atoms with E-state index in [-0.39, 0.29) is 5.91 Å². The largest absolute Gasteiger partial charge is 0.373 e.